The highest BCUT2D eigenvalue weighted by Crippen LogP contribution is 2.25. The van der Waals surface area contributed by atoms with E-state index in [1.165, 1.54) is 66.7 Å². The van der Waals surface area contributed by atoms with Crippen LogP contribution < -0.4 is 15.4 Å². The van der Waals surface area contributed by atoms with Crippen LogP contribution in [0.15, 0.2) is 114 Å². The van der Waals surface area contributed by atoms with Crippen LogP contribution in [0, 0.1) is 5.82 Å². The van der Waals surface area contributed by atoms with Crippen molar-refractivity contribution >= 4 is 51.1 Å². The molecule has 5 aromatic rings. The molecule has 0 radical (unpaired) electrons. The summed E-state index contributed by atoms with van der Waals surface area (Å²) >= 11 is 5.95. The fourth-order valence-electron chi connectivity index (χ4n) is 4.22. The molecule has 15 heteroatoms. The van der Waals surface area contributed by atoms with Crippen LogP contribution >= 0.6 is 11.6 Å². The molecule has 46 heavy (non-hydrogen) atoms. The lowest BCUT2D eigenvalue weighted by Crippen LogP contribution is -2.36. The molecule has 12 nitrogen and oxygen atoms in total. The molecule has 4 aromatic carbocycles. The van der Waals surface area contributed by atoms with Crippen molar-refractivity contribution in [2.75, 3.05) is 5.32 Å². The molecule has 3 N–H and O–H groups in total. The van der Waals surface area contributed by atoms with Crippen molar-refractivity contribution in [3.8, 4) is 5.69 Å². The number of amides is 3. The van der Waals surface area contributed by atoms with Crippen LogP contribution in [0.1, 0.15) is 27.5 Å². The zero-order valence-corrected chi connectivity index (χ0v) is 25.1. The molecule has 0 fully saturated rings. The first kappa shape index (κ1) is 31.7. The lowest BCUT2D eigenvalue weighted by molar-refractivity contribution is -0.123. The number of carbonyl (C=O) groups is 3. The summed E-state index contributed by atoms with van der Waals surface area (Å²) in [5.74, 6) is -3.03. The first-order valence-electron chi connectivity index (χ1n) is 13.4. The van der Waals surface area contributed by atoms with Crippen LogP contribution in [0.4, 0.5) is 10.1 Å². The van der Waals surface area contributed by atoms with Gasteiger partial charge in [-0.1, -0.05) is 60.1 Å². The Morgan fingerprint density at radius 2 is 1.57 bits per heavy atom. The van der Waals surface area contributed by atoms with E-state index >= 15 is 0 Å². The van der Waals surface area contributed by atoms with Crippen LogP contribution in [-0.4, -0.2) is 46.3 Å². The Morgan fingerprint density at radius 1 is 0.891 bits per heavy atom. The van der Waals surface area contributed by atoms with Gasteiger partial charge in [0, 0.05) is 22.9 Å². The summed E-state index contributed by atoms with van der Waals surface area (Å²) in [7, 11) is -4.08. The number of benzene rings is 4. The third-order valence-electron chi connectivity index (χ3n) is 6.45. The van der Waals surface area contributed by atoms with Crippen molar-refractivity contribution in [3.05, 3.63) is 137 Å². The average Bonchev–Trinajstić information content (AvgIpc) is 3.60. The van der Waals surface area contributed by atoms with Gasteiger partial charge in [0.2, 0.25) is 5.91 Å². The van der Waals surface area contributed by atoms with E-state index in [0.717, 1.165) is 17.2 Å². The Bertz CT molecular complexity index is 2010. The van der Waals surface area contributed by atoms with E-state index in [4.69, 9.17) is 11.6 Å². The standard InChI is InChI=1S/C31H23ClFN7O5S/c32-25-16-17-26(40-35-19-34-39-40)24(28(25)33)15-18-27(41)37-29(20-7-3-1-4-8-20)31(43)36-22-13-11-21(12-14-22)30(42)38-46(44,45)23-9-5-2-6-10-23/h1-19,29H,(H,36,43)(H,37,41)(H,38,42). The predicted molar refractivity (Wildman–Crippen MR) is 167 cm³/mol. The van der Waals surface area contributed by atoms with Gasteiger partial charge in [-0.05, 0) is 65.4 Å². The van der Waals surface area contributed by atoms with Gasteiger partial charge in [-0.15, -0.1) is 15.0 Å². The lowest BCUT2D eigenvalue weighted by atomic mass is 10.1. The predicted octanol–water partition coefficient (Wildman–Crippen LogP) is 4.08. The van der Waals surface area contributed by atoms with E-state index in [1.54, 1.807) is 36.4 Å². The minimum Gasteiger partial charge on any atom is -0.337 e. The maximum atomic E-state index is 14.9. The van der Waals surface area contributed by atoms with Crippen molar-refractivity contribution in [1.82, 2.24) is 30.2 Å². The minimum atomic E-state index is -4.08. The fraction of sp³-hybridized carbons (Fsp3) is 0.0323. The van der Waals surface area contributed by atoms with Gasteiger partial charge in [-0.3, -0.25) is 14.4 Å². The zero-order chi connectivity index (χ0) is 32.7. The Labute approximate surface area is 267 Å². The Morgan fingerprint density at radius 3 is 2.22 bits per heavy atom. The number of tetrazole rings is 1. The molecule has 0 aliphatic carbocycles. The second kappa shape index (κ2) is 13.9. The average molecular weight is 660 g/mol. The molecule has 0 bridgehead atoms. The molecule has 232 valence electrons. The van der Waals surface area contributed by atoms with Gasteiger partial charge in [-0.25, -0.2) is 17.5 Å². The van der Waals surface area contributed by atoms with E-state index in [0.29, 0.717) is 5.56 Å². The third kappa shape index (κ3) is 7.49. The van der Waals surface area contributed by atoms with E-state index < -0.39 is 39.6 Å². The van der Waals surface area contributed by atoms with Crippen molar-refractivity contribution in [3.63, 3.8) is 0 Å². The van der Waals surface area contributed by atoms with Gasteiger partial charge in [0.1, 0.15) is 6.04 Å². The fourth-order valence-corrected chi connectivity index (χ4v) is 5.38. The Hall–Kier alpha value is -5.73. The third-order valence-corrected chi connectivity index (χ3v) is 8.09. The number of hydrogen-bond acceptors (Lipinski definition) is 8. The van der Waals surface area contributed by atoms with Crippen LogP contribution in [0.5, 0.6) is 0 Å². The van der Waals surface area contributed by atoms with E-state index in [1.807, 2.05) is 4.72 Å². The quantitative estimate of drug-likeness (QED) is 0.189. The minimum absolute atomic E-state index is 0.0317. The van der Waals surface area contributed by atoms with E-state index in [-0.39, 0.29) is 32.4 Å². The summed E-state index contributed by atoms with van der Waals surface area (Å²) in [5, 5.41) is 16.3. The summed E-state index contributed by atoms with van der Waals surface area (Å²) in [6.07, 6.45) is 3.38. The smallest absolute Gasteiger partial charge is 0.264 e. The van der Waals surface area contributed by atoms with Crippen LogP contribution in [0.2, 0.25) is 5.02 Å². The number of rotatable bonds is 10. The molecule has 5 rings (SSSR count). The number of hydrogen-bond donors (Lipinski definition) is 3. The normalized spacial score (nSPS) is 12.0. The summed E-state index contributed by atoms with van der Waals surface area (Å²) < 4.78 is 41.9. The van der Waals surface area contributed by atoms with Crippen molar-refractivity contribution < 1.29 is 27.2 Å². The maximum absolute atomic E-state index is 14.9. The maximum Gasteiger partial charge on any atom is 0.264 e. The number of nitrogens with one attached hydrogen (secondary N) is 3. The van der Waals surface area contributed by atoms with Crippen LogP contribution in [0.3, 0.4) is 0 Å². The zero-order valence-electron chi connectivity index (χ0n) is 23.5. The molecule has 0 aliphatic heterocycles. The lowest BCUT2D eigenvalue weighted by Gasteiger charge is -2.18. The largest absolute Gasteiger partial charge is 0.337 e. The SMILES string of the molecule is O=C(C=Cc1c(-n2ncnn2)ccc(Cl)c1F)NC(C(=O)Nc1ccc(C(=O)NS(=O)(=O)c2ccccc2)cc1)c1ccccc1. The summed E-state index contributed by atoms with van der Waals surface area (Å²) in [5.41, 5.74) is 0.844. The molecule has 1 heterocycles. The monoisotopic (exact) mass is 659 g/mol. The molecule has 0 saturated carbocycles. The molecule has 1 atom stereocenters. The summed E-state index contributed by atoms with van der Waals surface area (Å²) in [4.78, 5) is 40.0. The molecule has 0 spiro atoms. The first-order chi connectivity index (χ1) is 22.1. The second-order valence-electron chi connectivity index (χ2n) is 9.52. The molecular weight excluding hydrogens is 637 g/mol. The van der Waals surface area contributed by atoms with Gasteiger partial charge < -0.3 is 10.6 Å². The van der Waals surface area contributed by atoms with Crippen LogP contribution in [-0.2, 0) is 19.6 Å². The molecular formula is C31H23ClFN7O5S. The number of nitrogens with zero attached hydrogens (tertiary/aromatic N) is 4. The van der Waals surface area contributed by atoms with E-state index in [9.17, 15) is 27.2 Å². The van der Waals surface area contributed by atoms with Gasteiger partial charge in [0.15, 0.2) is 12.1 Å². The van der Waals surface area contributed by atoms with Gasteiger partial charge >= 0.3 is 0 Å². The highest BCUT2D eigenvalue weighted by molar-refractivity contribution is 7.90. The number of anilines is 1. The molecule has 1 aromatic heterocycles. The molecule has 3 amide bonds. The molecule has 0 aliphatic rings. The Kier molecular flexibility index (Phi) is 9.59. The topological polar surface area (TPSA) is 165 Å². The van der Waals surface area contributed by atoms with Crippen molar-refractivity contribution in [2.45, 2.75) is 10.9 Å². The number of carbonyl (C=O) groups excluding carboxylic acids is 3. The van der Waals surface area contributed by atoms with E-state index in [2.05, 4.69) is 26.0 Å². The van der Waals surface area contributed by atoms with Gasteiger partial charge in [0.05, 0.1) is 15.6 Å². The summed E-state index contributed by atoms with van der Waals surface area (Å²) in [6.45, 7) is 0. The Balaban J connectivity index is 1.30. The van der Waals surface area contributed by atoms with Crippen molar-refractivity contribution in [1.29, 1.82) is 0 Å². The number of aromatic nitrogens is 4. The first-order valence-corrected chi connectivity index (χ1v) is 15.3. The van der Waals surface area contributed by atoms with Crippen LogP contribution in [0.25, 0.3) is 11.8 Å². The number of sulfonamides is 1. The summed E-state index contributed by atoms with van der Waals surface area (Å²) in [6, 6.07) is 22.9. The number of halogens is 2. The van der Waals surface area contributed by atoms with Gasteiger partial charge in [0.25, 0.3) is 21.8 Å². The second-order valence-corrected chi connectivity index (χ2v) is 11.6. The van der Waals surface area contributed by atoms with Crippen molar-refractivity contribution in [2.24, 2.45) is 0 Å². The van der Waals surface area contributed by atoms with Gasteiger partial charge in [-0.2, -0.15) is 0 Å². The highest BCUT2D eigenvalue weighted by atomic mass is 35.5. The highest BCUT2D eigenvalue weighted by Gasteiger charge is 2.23. The molecule has 0 saturated heterocycles. The molecule has 1 unspecified atom stereocenters.